The third-order valence-corrected chi connectivity index (χ3v) is 5.94. The van der Waals surface area contributed by atoms with E-state index >= 15 is 0 Å². The van der Waals surface area contributed by atoms with Gasteiger partial charge in [-0.25, -0.2) is 15.0 Å². The lowest BCUT2D eigenvalue weighted by Gasteiger charge is -2.12. The number of fused-ring (bicyclic) bond motifs is 2. The van der Waals surface area contributed by atoms with Gasteiger partial charge in [-0.2, -0.15) is 0 Å². The Kier molecular flexibility index (Phi) is 3.33. The van der Waals surface area contributed by atoms with Crippen LogP contribution in [0.1, 0.15) is 42.0 Å². The average molecular weight is 367 g/mol. The first-order valence-corrected chi connectivity index (χ1v) is 10.0. The van der Waals surface area contributed by atoms with Gasteiger partial charge in [0, 0.05) is 23.5 Å². The fourth-order valence-corrected chi connectivity index (χ4v) is 4.31. The lowest BCUT2D eigenvalue weighted by molar-refractivity contribution is 0.911. The minimum Gasteiger partial charge on any atom is -0.383 e. The summed E-state index contributed by atoms with van der Waals surface area (Å²) in [4.78, 5) is 14.2. The topological polar surface area (TPSA) is 69.6 Å². The second-order valence-corrected chi connectivity index (χ2v) is 7.87. The van der Waals surface area contributed by atoms with E-state index in [4.69, 9.17) is 15.7 Å². The molecule has 5 heteroatoms. The van der Waals surface area contributed by atoms with Crippen molar-refractivity contribution in [1.82, 2.24) is 19.5 Å². The molecule has 28 heavy (non-hydrogen) atoms. The Bertz CT molecular complexity index is 1220. The zero-order chi connectivity index (χ0) is 18.7. The van der Waals surface area contributed by atoms with E-state index in [1.54, 1.807) is 6.20 Å². The molecule has 0 saturated heterocycles. The molecule has 3 heterocycles. The number of nitrogen functional groups attached to an aromatic ring is 1. The van der Waals surface area contributed by atoms with E-state index in [1.165, 1.54) is 42.5 Å². The van der Waals surface area contributed by atoms with E-state index in [0.717, 1.165) is 34.7 Å². The smallest absolute Gasteiger partial charge is 0.165 e. The molecular formula is C23H21N5. The number of nitrogens with zero attached hydrogens (tertiary/aromatic N) is 4. The molecule has 3 aromatic heterocycles. The van der Waals surface area contributed by atoms with Gasteiger partial charge in [-0.05, 0) is 79.6 Å². The minimum atomic E-state index is 0.489. The number of aryl methyl sites for hydroxylation is 2. The highest BCUT2D eigenvalue weighted by atomic mass is 15.1. The minimum absolute atomic E-state index is 0.489. The number of benzene rings is 1. The molecule has 0 spiro atoms. The summed E-state index contributed by atoms with van der Waals surface area (Å²) in [5, 5.41) is 0. The van der Waals surface area contributed by atoms with Crippen LogP contribution in [0.2, 0.25) is 0 Å². The Hall–Kier alpha value is -3.21. The molecule has 1 fully saturated rings. The number of hydrogen-bond acceptors (Lipinski definition) is 4. The lowest BCUT2D eigenvalue weighted by Crippen LogP contribution is -2.03. The highest BCUT2D eigenvalue weighted by Gasteiger charge is 2.27. The van der Waals surface area contributed by atoms with E-state index in [0.29, 0.717) is 11.7 Å². The van der Waals surface area contributed by atoms with Gasteiger partial charge in [0.05, 0.1) is 5.56 Å². The molecular weight excluding hydrogens is 346 g/mol. The number of nitrogens with two attached hydrogens (primary N) is 1. The van der Waals surface area contributed by atoms with Crippen molar-refractivity contribution < 1.29 is 0 Å². The molecule has 0 aliphatic heterocycles. The standard InChI is InChI=1S/C23H21N5/c24-21-18(5-2-12-25-21)22-27-20-11-10-19(15-6-7-15)26-23(20)28(22)17-9-8-14-3-1-4-16(14)13-17/h2,5,8-13,15H,1,3-4,6-7H2,(H2,24,25). The SMILES string of the molecule is Nc1ncccc1-c1nc2ccc(C3CC3)nc2n1-c1ccc2c(c1)CCC2. The van der Waals surface area contributed by atoms with Crippen molar-refractivity contribution in [2.45, 2.75) is 38.0 Å². The van der Waals surface area contributed by atoms with E-state index in [-0.39, 0.29) is 0 Å². The predicted molar refractivity (Wildman–Crippen MR) is 111 cm³/mol. The second kappa shape index (κ2) is 5.89. The highest BCUT2D eigenvalue weighted by molar-refractivity contribution is 5.83. The van der Waals surface area contributed by atoms with Crippen molar-refractivity contribution in [1.29, 1.82) is 0 Å². The molecule has 5 nitrogen and oxygen atoms in total. The summed E-state index contributed by atoms with van der Waals surface area (Å²) >= 11 is 0. The van der Waals surface area contributed by atoms with Gasteiger partial charge >= 0.3 is 0 Å². The lowest BCUT2D eigenvalue weighted by atomic mass is 10.1. The van der Waals surface area contributed by atoms with Crippen LogP contribution >= 0.6 is 0 Å². The Balaban J connectivity index is 1.64. The molecule has 0 bridgehead atoms. The van der Waals surface area contributed by atoms with Crippen LogP contribution in [-0.4, -0.2) is 19.5 Å². The summed E-state index contributed by atoms with van der Waals surface area (Å²) < 4.78 is 2.16. The number of anilines is 1. The molecule has 1 aromatic carbocycles. The largest absolute Gasteiger partial charge is 0.383 e. The average Bonchev–Trinajstić information content (AvgIpc) is 3.34. The molecule has 1 saturated carbocycles. The van der Waals surface area contributed by atoms with Gasteiger partial charge in [-0.15, -0.1) is 0 Å². The van der Waals surface area contributed by atoms with Gasteiger partial charge in [0.15, 0.2) is 11.5 Å². The van der Waals surface area contributed by atoms with Crippen LogP contribution in [0.3, 0.4) is 0 Å². The third kappa shape index (κ3) is 2.43. The van der Waals surface area contributed by atoms with E-state index < -0.39 is 0 Å². The van der Waals surface area contributed by atoms with Gasteiger partial charge < -0.3 is 5.73 Å². The number of imidazole rings is 1. The van der Waals surface area contributed by atoms with Crippen molar-refractivity contribution in [3.8, 4) is 17.1 Å². The van der Waals surface area contributed by atoms with E-state index in [2.05, 4.69) is 39.9 Å². The van der Waals surface area contributed by atoms with Crippen molar-refractivity contribution in [3.63, 3.8) is 0 Å². The van der Waals surface area contributed by atoms with Gasteiger partial charge in [0.2, 0.25) is 0 Å². The molecule has 6 rings (SSSR count). The molecule has 0 atom stereocenters. The first-order chi connectivity index (χ1) is 13.8. The Labute approximate surface area is 163 Å². The first-order valence-electron chi connectivity index (χ1n) is 10.0. The molecule has 2 aliphatic rings. The number of hydrogen-bond donors (Lipinski definition) is 1. The maximum Gasteiger partial charge on any atom is 0.165 e. The maximum atomic E-state index is 6.21. The quantitative estimate of drug-likeness (QED) is 0.581. The van der Waals surface area contributed by atoms with E-state index in [1.807, 2.05) is 12.1 Å². The summed E-state index contributed by atoms with van der Waals surface area (Å²) in [5.41, 5.74) is 14.0. The molecule has 0 radical (unpaired) electrons. The van der Waals surface area contributed by atoms with Gasteiger partial charge in [-0.1, -0.05) is 6.07 Å². The summed E-state index contributed by atoms with van der Waals surface area (Å²) in [5.74, 6) is 1.89. The number of aromatic nitrogens is 4. The normalized spacial score (nSPS) is 15.9. The fourth-order valence-electron chi connectivity index (χ4n) is 4.31. The predicted octanol–water partition coefficient (Wildman–Crippen LogP) is 4.43. The van der Waals surface area contributed by atoms with Crippen molar-refractivity contribution in [2.75, 3.05) is 5.73 Å². The summed E-state index contributed by atoms with van der Waals surface area (Å²) in [6.45, 7) is 0. The van der Waals surface area contributed by atoms with Crippen LogP contribution < -0.4 is 5.73 Å². The highest BCUT2D eigenvalue weighted by Crippen LogP contribution is 2.40. The molecule has 2 N–H and O–H groups in total. The van der Waals surface area contributed by atoms with Crippen LogP contribution in [0, 0.1) is 0 Å². The van der Waals surface area contributed by atoms with Crippen LogP contribution in [-0.2, 0) is 12.8 Å². The molecule has 0 amide bonds. The fraction of sp³-hybridized carbons (Fsp3) is 0.261. The van der Waals surface area contributed by atoms with Gasteiger partial charge in [0.25, 0.3) is 0 Å². The summed E-state index contributed by atoms with van der Waals surface area (Å²) in [7, 11) is 0. The third-order valence-electron chi connectivity index (χ3n) is 5.94. The van der Waals surface area contributed by atoms with Gasteiger partial charge in [0.1, 0.15) is 11.3 Å². The van der Waals surface area contributed by atoms with E-state index in [9.17, 15) is 0 Å². The summed E-state index contributed by atoms with van der Waals surface area (Å²) in [6.07, 6.45) is 7.72. The molecule has 2 aliphatic carbocycles. The first kappa shape index (κ1) is 15.8. The zero-order valence-electron chi connectivity index (χ0n) is 15.6. The summed E-state index contributed by atoms with van der Waals surface area (Å²) in [6, 6.07) is 14.8. The van der Waals surface area contributed by atoms with Crippen LogP contribution in [0.5, 0.6) is 0 Å². The Morgan fingerprint density at radius 1 is 0.964 bits per heavy atom. The Morgan fingerprint density at radius 3 is 2.71 bits per heavy atom. The van der Waals surface area contributed by atoms with Crippen LogP contribution in [0.15, 0.2) is 48.7 Å². The van der Waals surface area contributed by atoms with Crippen molar-refractivity contribution in [2.24, 2.45) is 0 Å². The maximum absolute atomic E-state index is 6.21. The monoisotopic (exact) mass is 367 g/mol. The van der Waals surface area contributed by atoms with Crippen LogP contribution in [0.4, 0.5) is 5.82 Å². The zero-order valence-corrected chi connectivity index (χ0v) is 15.6. The number of rotatable bonds is 3. The van der Waals surface area contributed by atoms with Crippen molar-refractivity contribution in [3.05, 3.63) is 65.5 Å². The van der Waals surface area contributed by atoms with Gasteiger partial charge in [-0.3, -0.25) is 4.57 Å². The number of pyridine rings is 2. The molecule has 0 unspecified atom stereocenters. The van der Waals surface area contributed by atoms with Crippen molar-refractivity contribution >= 4 is 17.0 Å². The Morgan fingerprint density at radius 2 is 1.86 bits per heavy atom. The second-order valence-electron chi connectivity index (χ2n) is 7.87. The van der Waals surface area contributed by atoms with Crippen LogP contribution in [0.25, 0.3) is 28.2 Å². The molecule has 4 aromatic rings. The molecule has 138 valence electrons.